The van der Waals surface area contributed by atoms with Gasteiger partial charge in [-0.1, -0.05) is 19.1 Å². The summed E-state index contributed by atoms with van der Waals surface area (Å²) in [7, 11) is 0. The van der Waals surface area contributed by atoms with Gasteiger partial charge in [0.1, 0.15) is 17.6 Å². The number of aromatic nitrogens is 1. The summed E-state index contributed by atoms with van der Waals surface area (Å²) in [4.78, 5) is 16.3. The third kappa shape index (κ3) is 3.83. The molecule has 3 aromatic rings. The first-order valence-electron chi connectivity index (χ1n) is 9.59. The Labute approximate surface area is 169 Å². The predicted molar refractivity (Wildman–Crippen MR) is 108 cm³/mol. The van der Waals surface area contributed by atoms with Crippen molar-refractivity contribution < 1.29 is 14.3 Å². The molecule has 0 radical (unpaired) electrons. The number of Topliss-reactive ketones (excluding diaryl/α,β-unsaturated/α-hetero) is 1. The Morgan fingerprint density at radius 1 is 1.14 bits per heavy atom. The van der Waals surface area contributed by atoms with Crippen molar-refractivity contribution in [2.24, 2.45) is 0 Å². The van der Waals surface area contributed by atoms with Crippen molar-refractivity contribution >= 4 is 5.78 Å². The van der Waals surface area contributed by atoms with Crippen LogP contribution in [0.1, 0.15) is 52.1 Å². The van der Waals surface area contributed by atoms with E-state index in [0.717, 1.165) is 23.1 Å². The molecule has 4 rings (SSSR count). The fourth-order valence-corrected chi connectivity index (χ4v) is 3.44. The van der Waals surface area contributed by atoms with E-state index in [1.165, 1.54) is 0 Å². The molecule has 1 atom stereocenters. The molecule has 0 amide bonds. The second-order valence-corrected chi connectivity index (χ2v) is 6.84. The highest BCUT2D eigenvalue weighted by atomic mass is 16.5. The summed E-state index contributed by atoms with van der Waals surface area (Å²) < 4.78 is 12.2. The monoisotopic (exact) mass is 384 g/mol. The fourth-order valence-electron chi connectivity index (χ4n) is 3.44. The third-order valence-electron chi connectivity index (χ3n) is 5.03. The molecule has 5 heteroatoms. The van der Waals surface area contributed by atoms with E-state index in [0.29, 0.717) is 35.7 Å². The van der Waals surface area contributed by atoms with Crippen molar-refractivity contribution in [3.63, 3.8) is 0 Å². The van der Waals surface area contributed by atoms with Crippen LogP contribution in [0.2, 0.25) is 0 Å². The van der Waals surface area contributed by atoms with Gasteiger partial charge in [-0.05, 0) is 53.4 Å². The van der Waals surface area contributed by atoms with Gasteiger partial charge in [0, 0.05) is 24.9 Å². The molecule has 0 aliphatic carbocycles. The highest BCUT2D eigenvalue weighted by Crippen LogP contribution is 2.37. The Bertz CT molecular complexity index is 1070. The molecule has 0 N–H and O–H groups in total. The van der Waals surface area contributed by atoms with Crippen molar-refractivity contribution in [3.8, 4) is 17.6 Å². The van der Waals surface area contributed by atoms with Crippen molar-refractivity contribution in [3.05, 3.63) is 88.7 Å². The highest BCUT2D eigenvalue weighted by molar-refractivity contribution is 6.00. The molecule has 1 aromatic heterocycles. The normalized spacial score (nSPS) is 13.7. The minimum Gasteiger partial charge on any atom is -0.492 e. The van der Waals surface area contributed by atoms with E-state index >= 15 is 0 Å². The summed E-state index contributed by atoms with van der Waals surface area (Å²) >= 11 is 0. The quantitative estimate of drug-likeness (QED) is 0.640. The average Bonchev–Trinajstić information content (AvgIpc) is 2.78. The van der Waals surface area contributed by atoms with Crippen LogP contribution in [0, 0.1) is 11.3 Å². The molecular formula is C24H20N2O3. The molecule has 2 heterocycles. The zero-order valence-corrected chi connectivity index (χ0v) is 16.1. The van der Waals surface area contributed by atoms with Gasteiger partial charge < -0.3 is 9.47 Å². The third-order valence-corrected chi connectivity index (χ3v) is 5.03. The van der Waals surface area contributed by atoms with E-state index < -0.39 is 0 Å². The van der Waals surface area contributed by atoms with Crippen LogP contribution in [0.15, 0.2) is 60.9 Å². The van der Waals surface area contributed by atoms with E-state index in [9.17, 15) is 4.79 Å². The number of hydrogen-bond acceptors (Lipinski definition) is 5. The molecule has 1 aliphatic rings. The maximum absolute atomic E-state index is 12.2. The van der Waals surface area contributed by atoms with Crippen LogP contribution < -0.4 is 9.47 Å². The van der Waals surface area contributed by atoms with Crippen molar-refractivity contribution in [2.75, 3.05) is 6.61 Å². The summed E-state index contributed by atoms with van der Waals surface area (Å²) in [6.45, 7) is 2.42. The van der Waals surface area contributed by atoms with Gasteiger partial charge in [0.25, 0.3) is 0 Å². The Kier molecular flexibility index (Phi) is 5.26. The number of nitrogens with zero attached hydrogens (tertiary/aromatic N) is 2. The lowest BCUT2D eigenvalue weighted by atomic mass is 9.98. The minimum absolute atomic E-state index is 0.102. The summed E-state index contributed by atoms with van der Waals surface area (Å²) in [5, 5.41) is 9.09. The number of carbonyl (C=O) groups excluding carboxylic acids is 1. The van der Waals surface area contributed by atoms with Gasteiger partial charge in [0.15, 0.2) is 5.78 Å². The molecular weight excluding hydrogens is 364 g/mol. The zero-order chi connectivity index (χ0) is 20.2. The van der Waals surface area contributed by atoms with Gasteiger partial charge in [0.05, 0.1) is 23.8 Å². The topological polar surface area (TPSA) is 72.2 Å². The molecule has 144 valence electrons. The molecule has 0 bridgehead atoms. The molecule has 1 unspecified atom stereocenters. The van der Waals surface area contributed by atoms with Crippen LogP contribution >= 0.6 is 0 Å². The van der Waals surface area contributed by atoms with Crippen LogP contribution in [-0.4, -0.2) is 17.4 Å². The fraction of sp³-hybridized carbons (Fsp3) is 0.208. The lowest BCUT2D eigenvalue weighted by Crippen LogP contribution is -2.17. The highest BCUT2D eigenvalue weighted by Gasteiger charge is 2.23. The second kappa shape index (κ2) is 8.15. The van der Waals surface area contributed by atoms with Gasteiger partial charge in [-0.25, -0.2) is 0 Å². The lowest BCUT2D eigenvalue weighted by Gasteiger charge is -2.24. The van der Waals surface area contributed by atoms with Crippen LogP contribution in [0.25, 0.3) is 0 Å². The number of hydrogen-bond donors (Lipinski definition) is 0. The van der Waals surface area contributed by atoms with Crippen LogP contribution in [0.3, 0.4) is 0 Å². The van der Waals surface area contributed by atoms with Crippen molar-refractivity contribution in [1.82, 2.24) is 4.98 Å². The SMILES string of the molecule is CCc1cc2c(cc1OC(c1ccncc1)c1ccc(C#N)cc1)OCCC2=O. The standard InChI is InChI=1S/C24H20N2O3/c1-2-17-13-20-21(27)9-12-28-23(20)14-22(17)29-24(19-7-10-26-11-8-19)18-5-3-16(15-25)4-6-18/h3-8,10-11,13-14,24H,2,9,12H2,1H3. The maximum Gasteiger partial charge on any atom is 0.170 e. The molecule has 0 saturated heterocycles. The summed E-state index contributed by atoms with van der Waals surface area (Å²) in [6, 6.07) is 17.0. The van der Waals surface area contributed by atoms with Gasteiger partial charge in [-0.3, -0.25) is 9.78 Å². The summed E-state index contributed by atoms with van der Waals surface area (Å²) in [6.07, 6.45) is 4.21. The number of pyridine rings is 1. The Hall–Kier alpha value is -3.65. The van der Waals surface area contributed by atoms with E-state index in [4.69, 9.17) is 14.7 Å². The Morgan fingerprint density at radius 3 is 2.55 bits per heavy atom. The molecule has 29 heavy (non-hydrogen) atoms. The number of aryl methyl sites for hydroxylation is 1. The molecule has 1 aliphatic heterocycles. The number of benzene rings is 2. The maximum atomic E-state index is 12.2. The van der Waals surface area contributed by atoms with E-state index in [-0.39, 0.29) is 11.9 Å². The Morgan fingerprint density at radius 2 is 1.86 bits per heavy atom. The first kappa shape index (κ1) is 18.7. The summed E-state index contributed by atoms with van der Waals surface area (Å²) in [5.74, 6) is 1.36. The van der Waals surface area contributed by atoms with Crippen LogP contribution in [-0.2, 0) is 6.42 Å². The smallest absolute Gasteiger partial charge is 0.170 e. The second-order valence-electron chi connectivity index (χ2n) is 6.84. The van der Waals surface area contributed by atoms with Crippen molar-refractivity contribution in [1.29, 1.82) is 5.26 Å². The first-order valence-corrected chi connectivity index (χ1v) is 9.59. The largest absolute Gasteiger partial charge is 0.492 e. The number of rotatable bonds is 5. The van der Waals surface area contributed by atoms with Gasteiger partial charge in [0.2, 0.25) is 0 Å². The van der Waals surface area contributed by atoms with Gasteiger partial charge in [-0.15, -0.1) is 0 Å². The number of fused-ring (bicyclic) bond motifs is 1. The predicted octanol–water partition coefficient (Wildman–Crippen LogP) is 4.65. The number of ether oxygens (including phenoxy) is 2. The van der Waals surface area contributed by atoms with Crippen molar-refractivity contribution in [2.45, 2.75) is 25.9 Å². The Balaban J connectivity index is 1.76. The lowest BCUT2D eigenvalue weighted by molar-refractivity contribution is 0.0933. The molecule has 5 nitrogen and oxygen atoms in total. The van der Waals surface area contributed by atoms with E-state index in [1.807, 2.05) is 43.3 Å². The van der Waals surface area contributed by atoms with E-state index in [2.05, 4.69) is 11.1 Å². The molecule has 0 spiro atoms. The van der Waals surface area contributed by atoms with Gasteiger partial charge >= 0.3 is 0 Å². The number of ketones is 1. The molecule has 2 aromatic carbocycles. The van der Waals surface area contributed by atoms with E-state index in [1.54, 1.807) is 24.5 Å². The first-order chi connectivity index (χ1) is 14.2. The van der Waals surface area contributed by atoms with Crippen LogP contribution in [0.5, 0.6) is 11.5 Å². The average molecular weight is 384 g/mol. The summed E-state index contributed by atoms with van der Waals surface area (Å²) in [5.41, 5.74) is 4.04. The zero-order valence-electron chi connectivity index (χ0n) is 16.1. The number of carbonyl (C=O) groups is 1. The van der Waals surface area contributed by atoms with Gasteiger partial charge in [-0.2, -0.15) is 5.26 Å². The molecule has 0 saturated carbocycles. The van der Waals surface area contributed by atoms with Crippen LogP contribution in [0.4, 0.5) is 0 Å². The minimum atomic E-state index is -0.381. The number of nitriles is 1. The molecule has 0 fully saturated rings.